The monoisotopic (exact) mass is 362 g/mol. The molecule has 6 nitrogen and oxygen atoms in total. The molecule has 0 aromatic heterocycles. The largest absolute Gasteiger partial charge is 0.396 e. The minimum Gasteiger partial charge on any atom is -0.396 e. The van der Waals surface area contributed by atoms with E-state index in [1.165, 1.54) is 20.8 Å². The van der Waals surface area contributed by atoms with Gasteiger partial charge in [0.05, 0.1) is 12.2 Å². The van der Waals surface area contributed by atoms with Crippen molar-refractivity contribution in [3.05, 3.63) is 35.1 Å². The Labute approximate surface area is 143 Å². The topological polar surface area (TPSA) is 98.7 Å². The molecule has 0 aliphatic rings. The average Bonchev–Trinajstić information content (AvgIpc) is 2.54. The van der Waals surface area contributed by atoms with Gasteiger partial charge in [-0.1, -0.05) is 13.8 Å². The molecule has 0 heterocycles. The summed E-state index contributed by atoms with van der Waals surface area (Å²) in [7, 11) is 0. The summed E-state index contributed by atoms with van der Waals surface area (Å²) in [4.78, 5) is 23.7. The van der Waals surface area contributed by atoms with Crippen LogP contribution in [-0.4, -0.2) is 47.3 Å². The molecule has 1 aromatic carbocycles. The van der Waals surface area contributed by atoms with E-state index in [4.69, 9.17) is 5.11 Å². The molecule has 4 N–H and O–H groups in total. The third-order valence-corrected chi connectivity index (χ3v) is 3.61. The molecule has 140 valence electrons. The highest BCUT2D eigenvalue weighted by molar-refractivity contribution is 5.94. The Hall–Kier alpha value is -2.13. The smallest absolute Gasteiger partial charge is 0.254 e. The number of aliphatic hydroxyl groups excluding tert-OH is 2. The predicted octanol–water partition coefficient (Wildman–Crippen LogP) is 0.718. The Bertz CT molecular complexity index is 653. The van der Waals surface area contributed by atoms with Crippen LogP contribution in [-0.2, 0) is 4.79 Å². The molecule has 0 saturated carbocycles. The van der Waals surface area contributed by atoms with Gasteiger partial charge < -0.3 is 20.8 Å². The number of halogens is 3. The summed E-state index contributed by atoms with van der Waals surface area (Å²) in [6.07, 6.45) is -1.47. The van der Waals surface area contributed by atoms with Crippen molar-refractivity contribution in [3.8, 4) is 0 Å². The highest BCUT2D eigenvalue weighted by atomic mass is 19.2. The van der Waals surface area contributed by atoms with Gasteiger partial charge in [-0.05, 0) is 13.0 Å². The van der Waals surface area contributed by atoms with Crippen LogP contribution in [0.25, 0.3) is 0 Å². The van der Waals surface area contributed by atoms with Crippen LogP contribution in [0.2, 0.25) is 0 Å². The second-order valence-electron chi connectivity index (χ2n) is 6.42. The summed E-state index contributed by atoms with van der Waals surface area (Å²) in [5.74, 6) is -5.71. The molecule has 0 aliphatic carbocycles. The number of hydrogen-bond acceptors (Lipinski definition) is 4. The normalized spacial score (nSPS) is 13.9. The van der Waals surface area contributed by atoms with Crippen LogP contribution in [0.3, 0.4) is 0 Å². The second kappa shape index (κ2) is 8.30. The number of hydrogen-bond donors (Lipinski definition) is 4. The van der Waals surface area contributed by atoms with E-state index in [0.29, 0.717) is 6.07 Å². The summed E-state index contributed by atoms with van der Waals surface area (Å²) in [5.41, 5.74) is -1.72. The molecule has 2 amide bonds. The Kier molecular flexibility index (Phi) is 6.95. The molecular weight excluding hydrogens is 341 g/mol. The molecule has 0 aliphatic heterocycles. The number of benzene rings is 1. The van der Waals surface area contributed by atoms with E-state index in [1.54, 1.807) is 0 Å². The van der Waals surface area contributed by atoms with Crippen LogP contribution in [0.15, 0.2) is 12.1 Å². The van der Waals surface area contributed by atoms with Crippen molar-refractivity contribution in [2.75, 3.05) is 13.2 Å². The summed E-state index contributed by atoms with van der Waals surface area (Å²) in [5, 5.41) is 23.6. The Morgan fingerprint density at radius 1 is 1.16 bits per heavy atom. The highest BCUT2D eigenvalue weighted by Gasteiger charge is 2.33. The maximum Gasteiger partial charge on any atom is 0.254 e. The Morgan fingerprint density at radius 2 is 1.72 bits per heavy atom. The lowest BCUT2D eigenvalue weighted by Crippen LogP contribution is -2.49. The zero-order valence-corrected chi connectivity index (χ0v) is 14.1. The van der Waals surface area contributed by atoms with E-state index < -0.39 is 59.0 Å². The van der Waals surface area contributed by atoms with Crippen molar-refractivity contribution in [1.82, 2.24) is 10.6 Å². The number of carbonyl (C=O) groups is 2. The molecule has 1 rings (SSSR count). The summed E-state index contributed by atoms with van der Waals surface area (Å²) in [6.45, 7) is 3.96. The molecule has 1 aromatic rings. The first kappa shape index (κ1) is 20.9. The SMILES string of the molecule is C[C@@H](CNC(=O)[C@@H](O)C(C)(C)CO)NC(=O)c1cc(F)c(F)cc1F. The van der Waals surface area contributed by atoms with E-state index in [9.17, 15) is 27.9 Å². The molecule has 0 unspecified atom stereocenters. The van der Waals surface area contributed by atoms with Crippen molar-refractivity contribution < 1.29 is 33.0 Å². The van der Waals surface area contributed by atoms with Crippen molar-refractivity contribution in [2.24, 2.45) is 5.41 Å². The fourth-order valence-electron chi connectivity index (χ4n) is 1.84. The molecule has 9 heteroatoms. The first-order valence-corrected chi connectivity index (χ1v) is 7.51. The molecule has 0 spiro atoms. The van der Waals surface area contributed by atoms with Crippen LogP contribution >= 0.6 is 0 Å². The van der Waals surface area contributed by atoms with Gasteiger partial charge in [0.1, 0.15) is 11.9 Å². The van der Waals surface area contributed by atoms with E-state index in [2.05, 4.69) is 10.6 Å². The van der Waals surface area contributed by atoms with Gasteiger partial charge in [0.15, 0.2) is 11.6 Å². The quantitative estimate of drug-likeness (QED) is 0.537. The van der Waals surface area contributed by atoms with Crippen LogP contribution in [0.4, 0.5) is 13.2 Å². The van der Waals surface area contributed by atoms with Crippen LogP contribution in [0.5, 0.6) is 0 Å². The molecule has 0 fully saturated rings. The first-order chi connectivity index (χ1) is 11.5. The number of amides is 2. The van der Waals surface area contributed by atoms with Crippen molar-refractivity contribution in [1.29, 1.82) is 0 Å². The standard InChI is InChI=1S/C16H21F3N2O4/c1-8(6-20-15(25)13(23)16(2,3)7-22)21-14(24)9-4-11(18)12(19)5-10(9)17/h4-5,8,13,22-23H,6-7H2,1-3H3,(H,20,25)(H,21,24)/t8-,13+/m0/s1. The molecule has 25 heavy (non-hydrogen) atoms. The van der Waals surface area contributed by atoms with Crippen molar-refractivity contribution in [3.63, 3.8) is 0 Å². The number of aliphatic hydroxyl groups is 2. The van der Waals surface area contributed by atoms with Gasteiger partial charge in [0, 0.05) is 24.1 Å². The lowest BCUT2D eigenvalue weighted by molar-refractivity contribution is -0.137. The molecule has 0 saturated heterocycles. The van der Waals surface area contributed by atoms with Gasteiger partial charge in [-0.2, -0.15) is 0 Å². The number of rotatable bonds is 7. The average molecular weight is 362 g/mol. The molecular formula is C16H21F3N2O4. The molecule has 2 atom stereocenters. The number of carbonyl (C=O) groups excluding carboxylic acids is 2. The Morgan fingerprint density at radius 3 is 2.28 bits per heavy atom. The van der Waals surface area contributed by atoms with Gasteiger partial charge in [-0.25, -0.2) is 13.2 Å². The zero-order chi connectivity index (χ0) is 19.4. The summed E-state index contributed by atoms with van der Waals surface area (Å²) >= 11 is 0. The molecule has 0 bridgehead atoms. The van der Waals surface area contributed by atoms with Crippen LogP contribution in [0, 0.1) is 22.9 Å². The van der Waals surface area contributed by atoms with E-state index >= 15 is 0 Å². The Balaban J connectivity index is 2.63. The van der Waals surface area contributed by atoms with Crippen LogP contribution in [0.1, 0.15) is 31.1 Å². The zero-order valence-electron chi connectivity index (χ0n) is 14.1. The predicted molar refractivity (Wildman–Crippen MR) is 83.1 cm³/mol. The highest BCUT2D eigenvalue weighted by Crippen LogP contribution is 2.19. The molecule has 0 radical (unpaired) electrons. The summed E-state index contributed by atoms with van der Waals surface area (Å²) in [6, 6.07) is 0.0245. The first-order valence-electron chi connectivity index (χ1n) is 7.51. The fraction of sp³-hybridized carbons (Fsp3) is 0.500. The van der Waals surface area contributed by atoms with Gasteiger partial charge in [-0.15, -0.1) is 0 Å². The van der Waals surface area contributed by atoms with E-state index in [-0.39, 0.29) is 12.6 Å². The van der Waals surface area contributed by atoms with Crippen LogP contribution < -0.4 is 10.6 Å². The van der Waals surface area contributed by atoms with Crippen molar-refractivity contribution >= 4 is 11.8 Å². The van der Waals surface area contributed by atoms with E-state index in [1.807, 2.05) is 0 Å². The second-order valence-corrected chi connectivity index (χ2v) is 6.42. The maximum absolute atomic E-state index is 13.5. The number of nitrogens with one attached hydrogen (secondary N) is 2. The van der Waals surface area contributed by atoms with E-state index in [0.717, 1.165) is 0 Å². The summed E-state index contributed by atoms with van der Waals surface area (Å²) < 4.78 is 39.5. The third kappa shape index (κ3) is 5.43. The van der Waals surface area contributed by atoms with Crippen molar-refractivity contribution in [2.45, 2.75) is 32.9 Å². The minimum absolute atomic E-state index is 0.103. The van der Waals surface area contributed by atoms with Gasteiger partial charge >= 0.3 is 0 Å². The third-order valence-electron chi connectivity index (χ3n) is 3.61. The maximum atomic E-state index is 13.5. The lowest BCUT2D eigenvalue weighted by Gasteiger charge is -2.27. The van der Waals surface area contributed by atoms with Gasteiger partial charge in [0.25, 0.3) is 5.91 Å². The van der Waals surface area contributed by atoms with Gasteiger partial charge in [-0.3, -0.25) is 9.59 Å². The minimum atomic E-state index is -1.47. The lowest BCUT2D eigenvalue weighted by atomic mass is 9.87. The van der Waals surface area contributed by atoms with Gasteiger partial charge in [0.2, 0.25) is 5.91 Å². The fourth-order valence-corrected chi connectivity index (χ4v) is 1.84.